The van der Waals surface area contributed by atoms with Gasteiger partial charge in [-0.2, -0.15) is 0 Å². The largest absolute Gasteiger partial charge is 0.384 e. The fourth-order valence-corrected chi connectivity index (χ4v) is 5.87. The maximum atomic E-state index is 13.2. The van der Waals surface area contributed by atoms with Gasteiger partial charge in [-0.15, -0.1) is 0 Å². The van der Waals surface area contributed by atoms with Crippen molar-refractivity contribution in [1.29, 1.82) is 0 Å². The van der Waals surface area contributed by atoms with Crippen molar-refractivity contribution < 1.29 is 8.42 Å². The molecule has 0 radical (unpaired) electrons. The second kappa shape index (κ2) is 9.37. The van der Waals surface area contributed by atoms with Crippen LogP contribution in [0.2, 0.25) is 0 Å². The number of benzene rings is 2. The first-order valence-electron chi connectivity index (χ1n) is 11.8. The van der Waals surface area contributed by atoms with Crippen LogP contribution in [0, 0.1) is 0 Å². The van der Waals surface area contributed by atoms with Crippen LogP contribution in [0.25, 0.3) is 11.1 Å². The van der Waals surface area contributed by atoms with Gasteiger partial charge >= 0.3 is 0 Å². The summed E-state index contributed by atoms with van der Waals surface area (Å²) in [7, 11) is -3.81. The standard InChI is InChI=1S/C26H31N5O2S/c27-19-7-9-20(10-8-19)30-24-15-23(24)22-12-6-18(17-4-2-1-3-5-17)14-25(22)31-34(32,33)21-11-13-26(28)29-16-21/h1-6,11-14,16,19-20,23-24,30-31H,7-10,15,27H2,(H2,28,29)/t19-,20-,23?,24?. The molecule has 2 unspecified atom stereocenters. The molecule has 0 spiro atoms. The minimum atomic E-state index is -3.81. The molecule has 1 heterocycles. The van der Waals surface area contributed by atoms with Gasteiger partial charge in [0, 0.05) is 30.2 Å². The summed E-state index contributed by atoms with van der Waals surface area (Å²) in [5, 5.41) is 3.78. The average Bonchev–Trinajstić information content (AvgIpc) is 3.60. The molecule has 1 aromatic heterocycles. The molecular weight excluding hydrogens is 446 g/mol. The van der Waals surface area contributed by atoms with Crippen LogP contribution in [0.1, 0.15) is 43.6 Å². The summed E-state index contributed by atoms with van der Waals surface area (Å²) >= 11 is 0. The smallest absolute Gasteiger partial charge is 0.263 e. The first-order valence-corrected chi connectivity index (χ1v) is 13.3. The van der Waals surface area contributed by atoms with Crippen molar-refractivity contribution >= 4 is 21.5 Å². The lowest BCUT2D eigenvalue weighted by molar-refractivity contribution is 0.339. The Hall–Kier alpha value is -2.94. The van der Waals surface area contributed by atoms with Crippen molar-refractivity contribution in [3.63, 3.8) is 0 Å². The topological polar surface area (TPSA) is 123 Å². The van der Waals surface area contributed by atoms with E-state index in [1.54, 1.807) is 0 Å². The normalized spacial score (nSPS) is 24.5. The highest BCUT2D eigenvalue weighted by Gasteiger charge is 2.41. The van der Waals surface area contributed by atoms with Gasteiger partial charge in [0.25, 0.3) is 10.0 Å². The molecule has 0 saturated heterocycles. The molecule has 34 heavy (non-hydrogen) atoms. The van der Waals surface area contributed by atoms with Crippen LogP contribution in [0.4, 0.5) is 11.5 Å². The number of nitrogens with one attached hydrogen (secondary N) is 2. The van der Waals surface area contributed by atoms with Crippen molar-refractivity contribution in [3.05, 3.63) is 72.4 Å². The molecule has 178 valence electrons. The van der Waals surface area contributed by atoms with E-state index in [1.165, 1.54) is 18.3 Å². The summed E-state index contributed by atoms with van der Waals surface area (Å²) in [6, 6.07) is 20.1. The van der Waals surface area contributed by atoms with Crippen LogP contribution in [0.5, 0.6) is 0 Å². The van der Waals surface area contributed by atoms with Crippen molar-refractivity contribution in [2.24, 2.45) is 5.73 Å². The fraction of sp³-hybridized carbons (Fsp3) is 0.346. The molecule has 8 heteroatoms. The van der Waals surface area contributed by atoms with E-state index in [9.17, 15) is 8.42 Å². The lowest BCUT2D eigenvalue weighted by Gasteiger charge is -2.27. The molecule has 6 N–H and O–H groups in total. The molecule has 5 rings (SSSR count). The summed E-state index contributed by atoms with van der Waals surface area (Å²) in [6.07, 6.45) is 6.59. The summed E-state index contributed by atoms with van der Waals surface area (Å²) in [5.41, 5.74) is 15.3. The van der Waals surface area contributed by atoms with Crippen LogP contribution in [0.15, 0.2) is 71.8 Å². The van der Waals surface area contributed by atoms with Gasteiger partial charge in [-0.3, -0.25) is 4.72 Å². The summed E-state index contributed by atoms with van der Waals surface area (Å²) in [6.45, 7) is 0. The average molecular weight is 478 g/mol. The molecule has 0 bridgehead atoms. The van der Waals surface area contributed by atoms with E-state index in [2.05, 4.69) is 27.2 Å². The van der Waals surface area contributed by atoms with Crippen LogP contribution >= 0.6 is 0 Å². The minimum Gasteiger partial charge on any atom is -0.384 e. The number of hydrogen-bond acceptors (Lipinski definition) is 6. The van der Waals surface area contributed by atoms with E-state index in [4.69, 9.17) is 11.5 Å². The van der Waals surface area contributed by atoms with Crippen molar-refractivity contribution in [2.75, 3.05) is 10.5 Å². The zero-order valence-corrected chi connectivity index (χ0v) is 19.8. The summed E-state index contributed by atoms with van der Waals surface area (Å²) in [4.78, 5) is 4.03. The molecular formula is C26H31N5O2S. The minimum absolute atomic E-state index is 0.0850. The third-order valence-corrected chi connectivity index (χ3v) is 8.24. The molecule has 0 aliphatic heterocycles. The van der Waals surface area contributed by atoms with Crippen LogP contribution in [-0.2, 0) is 10.0 Å². The number of hydrogen-bond donors (Lipinski definition) is 4. The van der Waals surface area contributed by atoms with Gasteiger partial charge in [0.2, 0.25) is 0 Å². The number of anilines is 2. The Labute approximate surface area is 201 Å². The molecule has 3 aromatic rings. The lowest BCUT2D eigenvalue weighted by Crippen LogP contribution is -2.38. The van der Waals surface area contributed by atoms with Gasteiger partial charge in [-0.05, 0) is 67.0 Å². The molecule has 2 aliphatic rings. The number of nitrogen functional groups attached to an aromatic ring is 1. The number of sulfonamides is 1. The molecule has 2 atom stereocenters. The Kier molecular flexibility index (Phi) is 6.29. The Balaban J connectivity index is 1.41. The monoisotopic (exact) mass is 477 g/mol. The van der Waals surface area contributed by atoms with Crippen molar-refractivity contribution in [3.8, 4) is 11.1 Å². The Bertz CT molecular complexity index is 1240. The SMILES string of the molecule is Nc1ccc(S(=O)(=O)Nc2cc(-c3ccccc3)ccc2C2CC2N[C@H]2CC[C@H](N)CC2)cn1. The number of pyridine rings is 1. The summed E-state index contributed by atoms with van der Waals surface area (Å²) in [5.74, 6) is 0.545. The van der Waals surface area contributed by atoms with Gasteiger partial charge < -0.3 is 16.8 Å². The molecule has 2 fully saturated rings. The second-order valence-corrected chi connectivity index (χ2v) is 11.1. The third-order valence-electron chi connectivity index (χ3n) is 6.89. The van der Waals surface area contributed by atoms with E-state index >= 15 is 0 Å². The molecule has 2 aliphatic carbocycles. The number of nitrogens with zero attached hydrogens (tertiary/aromatic N) is 1. The first-order chi connectivity index (χ1) is 16.4. The quantitative estimate of drug-likeness (QED) is 0.410. The number of rotatable bonds is 7. The zero-order chi connectivity index (χ0) is 23.7. The highest BCUT2D eigenvalue weighted by Crippen LogP contribution is 2.46. The molecule has 7 nitrogen and oxygen atoms in total. The molecule has 0 amide bonds. The Morgan fingerprint density at radius 2 is 1.68 bits per heavy atom. The third kappa shape index (κ3) is 5.09. The molecule has 2 saturated carbocycles. The van der Waals surface area contributed by atoms with Gasteiger partial charge in [-0.1, -0.05) is 42.5 Å². The van der Waals surface area contributed by atoms with Crippen LogP contribution in [-0.4, -0.2) is 31.5 Å². The Morgan fingerprint density at radius 3 is 2.38 bits per heavy atom. The molecule has 2 aromatic carbocycles. The highest BCUT2D eigenvalue weighted by molar-refractivity contribution is 7.92. The number of aromatic nitrogens is 1. The predicted molar refractivity (Wildman–Crippen MR) is 136 cm³/mol. The highest BCUT2D eigenvalue weighted by atomic mass is 32.2. The Morgan fingerprint density at radius 1 is 0.912 bits per heavy atom. The van der Waals surface area contributed by atoms with Crippen molar-refractivity contribution in [1.82, 2.24) is 10.3 Å². The van der Waals surface area contributed by atoms with Gasteiger partial charge in [0.15, 0.2) is 0 Å². The lowest BCUT2D eigenvalue weighted by atomic mass is 9.91. The fourth-order valence-electron chi connectivity index (χ4n) is 4.84. The zero-order valence-electron chi connectivity index (χ0n) is 19.0. The first kappa shape index (κ1) is 22.8. The number of nitrogens with two attached hydrogens (primary N) is 2. The van der Waals surface area contributed by atoms with E-state index < -0.39 is 10.0 Å². The van der Waals surface area contributed by atoms with Gasteiger partial charge in [0.05, 0.1) is 5.69 Å². The maximum Gasteiger partial charge on any atom is 0.263 e. The van der Waals surface area contributed by atoms with Crippen LogP contribution in [0.3, 0.4) is 0 Å². The van der Waals surface area contributed by atoms with E-state index in [-0.39, 0.29) is 16.6 Å². The second-order valence-electron chi connectivity index (χ2n) is 9.42. The predicted octanol–water partition coefficient (Wildman–Crippen LogP) is 3.85. The van der Waals surface area contributed by atoms with Crippen molar-refractivity contribution in [2.45, 2.75) is 61.0 Å². The van der Waals surface area contributed by atoms with E-state index in [1.807, 2.05) is 36.4 Å². The summed E-state index contributed by atoms with van der Waals surface area (Å²) < 4.78 is 29.2. The van der Waals surface area contributed by atoms with Crippen LogP contribution < -0.4 is 21.5 Å². The maximum absolute atomic E-state index is 13.2. The van der Waals surface area contributed by atoms with Gasteiger partial charge in [-0.25, -0.2) is 13.4 Å². The van der Waals surface area contributed by atoms with E-state index in [0.29, 0.717) is 23.8 Å². The van der Waals surface area contributed by atoms with Gasteiger partial charge in [0.1, 0.15) is 10.7 Å². The van der Waals surface area contributed by atoms with E-state index in [0.717, 1.165) is 48.8 Å².